The molecule has 0 fully saturated rings. The number of benzene rings is 1. The van der Waals surface area contributed by atoms with E-state index in [1.807, 2.05) is 0 Å². The van der Waals surface area contributed by atoms with Crippen LogP contribution in [-0.4, -0.2) is 18.2 Å². The van der Waals surface area contributed by atoms with Gasteiger partial charge in [-0.3, -0.25) is 0 Å². The van der Waals surface area contributed by atoms with E-state index in [0.29, 0.717) is 11.3 Å². The number of hydrogen-bond acceptors (Lipinski definition) is 4. The van der Waals surface area contributed by atoms with Gasteiger partial charge in [-0.05, 0) is 31.5 Å². The highest BCUT2D eigenvalue weighted by Crippen LogP contribution is 2.24. The maximum atomic E-state index is 11.3. The smallest absolute Gasteiger partial charge is 0.339 e. The van der Waals surface area contributed by atoms with Gasteiger partial charge in [0.2, 0.25) is 0 Å². The molecule has 15 heavy (non-hydrogen) atoms. The second kappa shape index (κ2) is 3.90. The zero-order chi connectivity index (χ0) is 11.6. The number of methoxy groups -OCH3 is 1. The fraction of sp³-hybridized carbons (Fsp3) is 0.364. The van der Waals surface area contributed by atoms with Gasteiger partial charge in [0.15, 0.2) is 0 Å². The number of ether oxygens (including phenoxy) is 1. The fourth-order valence-corrected chi connectivity index (χ4v) is 1.22. The molecule has 0 spiro atoms. The van der Waals surface area contributed by atoms with Crippen LogP contribution in [0.15, 0.2) is 18.2 Å². The Hall–Kier alpha value is -1.55. The van der Waals surface area contributed by atoms with Crippen molar-refractivity contribution in [1.82, 2.24) is 0 Å². The summed E-state index contributed by atoms with van der Waals surface area (Å²) in [7, 11) is 1.29. The molecule has 0 aromatic heterocycles. The fourth-order valence-electron chi connectivity index (χ4n) is 1.22. The second-order valence-corrected chi connectivity index (χ2v) is 3.85. The van der Waals surface area contributed by atoms with Crippen molar-refractivity contribution in [2.24, 2.45) is 0 Å². The third kappa shape index (κ3) is 2.47. The van der Waals surface area contributed by atoms with Crippen molar-refractivity contribution in [2.75, 3.05) is 12.8 Å². The molecular weight excluding hydrogens is 194 g/mol. The first-order valence-electron chi connectivity index (χ1n) is 4.57. The summed E-state index contributed by atoms with van der Waals surface area (Å²) in [6, 6.07) is 4.81. The number of carbonyl (C=O) groups is 1. The monoisotopic (exact) mass is 209 g/mol. The van der Waals surface area contributed by atoms with Crippen molar-refractivity contribution in [3.05, 3.63) is 29.3 Å². The third-order valence-corrected chi connectivity index (χ3v) is 2.17. The van der Waals surface area contributed by atoms with Gasteiger partial charge in [-0.1, -0.05) is 6.07 Å². The average molecular weight is 209 g/mol. The molecule has 0 unspecified atom stereocenters. The number of esters is 1. The highest BCUT2D eigenvalue weighted by Gasteiger charge is 2.19. The Morgan fingerprint density at radius 3 is 2.53 bits per heavy atom. The summed E-state index contributed by atoms with van der Waals surface area (Å²) in [5.41, 5.74) is 5.86. The van der Waals surface area contributed by atoms with Crippen molar-refractivity contribution in [2.45, 2.75) is 19.4 Å². The normalized spacial score (nSPS) is 11.2. The number of rotatable bonds is 2. The van der Waals surface area contributed by atoms with Crippen LogP contribution in [0, 0.1) is 0 Å². The van der Waals surface area contributed by atoms with Crippen molar-refractivity contribution < 1.29 is 14.6 Å². The summed E-state index contributed by atoms with van der Waals surface area (Å²) in [6.07, 6.45) is 0. The molecule has 0 saturated carbocycles. The van der Waals surface area contributed by atoms with E-state index in [0.717, 1.165) is 0 Å². The predicted molar refractivity (Wildman–Crippen MR) is 57.4 cm³/mol. The van der Waals surface area contributed by atoms with Gasteiger partial charge in [-0.15, -0.1) is 0 Å². The van der Waals surface area contributed by atoms with Gasteiger partial charge in [0.25, 0.3) is 0 Å². The van der Waals surface area contributed by atoms with E-state index in [1.165, 1.54) is 7.11 Å². The minimum atomic E-state index is -1.00. The highest BCUT2D eigenvalue weighted by atomic mass is 16.5. The molecular formula is C11H15NO3. The lowest BCUT2D eigenvalue weighted by Crippen LogP contribution is -2.17. The summed E-state index contributed by atoms with van der Waals surface area (Å²) in [5.74, 6) is -0.501. The lowest BCUT2D eigenvalue weighted by molar-refractivity contribution is 0.0600. The molecule has 0 bridgehead atoms. The average Bonchev–Trinajstić information content (AvgIpc) is 2.15. The number of hydrogen-bond donors (Lipinski definition) is 2. The SMILES string of the molecule is COC(=O)c1cc(C(C)(C)O)ccc1N. The molecule has 0 aliphatic carbocycles. The van der Waals surface area contributed by atoms with Crippen LogP contribution in [0.25, 0.3) is 0 Å². The van der Waals surface area contributed by atoms with Crippen molar-refractivity contribution in [1.29, 1.82) is 0 Å². The zero-order valence-electron chi connectivity index (χ0n) is 9.07. The Kier molecular flexibility index (Phi) is 3.00. The molecule has 0 saturated heterocycles. The van der Waals surface area contributed by atoms with E-state index >= 15 is 0 Å². The molecule has 0 aliphatic heterocycles. The summed E-state index contributed by atoms with van der Waals surface area (Å²) in [5, 5.41) is 9.77. The van der Waals surface area contributed by atoms with Gasteiger partial charge in [-0.25, -0.2) is 4.79 Å². The maximum Gasteiger partial charge on any atom is 0.339 e. The van der Waals surface area contributed by atoms with Crippen molar-refractivity contribution in [3.63, 3.8) is 0 Å². The minimum absolute atomic E-state index is 0.275. The Bertz CT molecular complexity index is 380. The lowest BCUT2D eigenvalue weighted by atomic mass is 9.96. The number of aliphatic hydroxyl groups is 1. The Morgan fingerprint density at radius 1 is 1.47 bits per heavy atom. The molecule has 1 aromatic carbocycles. The Balaban J connectivity index is 3.23. The predicted octanol–water partition coefficient (Wildman–Crippen LogP) is 1.28. The quantitative estimate of drug-likeness (QED) is 0.568. The molecule has 4 heteroatoms. The lowest BCUT2D eigenvalue weighted by Gasteiger charge is -2.18. The molecule has 3 N–H and O–H groups in total. The molecule has 82 valence electrons. The standard InChI is InChI=1S/C11H15NO3/c1-11(2,14)7-4-5-9(12)8(6-7)10(13)15-3/h4-6,14H,12H2,1-3H3. The van der Waals surface area contributed by atoms with Crippen LogP contribution in [0.1, 0.15) is 29.8 Å². The van der Waals surface area contributed by atoms with Gasteiger partial charge in [0.1, 0.15) is 0 Å². The van der Waals surface area contributed by atoms with Crippen LogP contribution in [0.5, 0.6) is 0 Å². The highest BCUT2D eigenvalue weighted by molar-refractivity contribution is 5.95. The first-order chi connectivity index (χ1) is 6.86. The van der Waals surface area contributed by atoms with E-state index in [9.17, 15) is 9.90 Å². The second-order valence-electron chi connectivity index (χ2n) is 3.85. The topological polar surface area (TPSA) is 72.5 Å². The molecule has 4 nitrogen and oxygen atoms in total. The first-order valence-corrected chi connectivity index (χ1v) is 4.57. The van der Waals surface area contributed by atoms with E-state index in [-0.39, 0.29) is 5.56 Å². The number of carbonyl (C=O) groups excluding carboxylic acids is 1. The van der Waals surface area contributed by atoms with Crippen LogP contribution in [0.2, 0.25) is 0 Å². The van der Waals surface area contributed by atoms with Crippen molar-refractivity contribution in [3.8, 4) is 0 Å². The third-order valence-electron chi connectivity index (χ3n) is 2.17. The number of nitrogen functional groups attached to an aromatic ring is 1. The van der Waals surface area contributed by atoms with Gasteiger partial charge < -0.3 is 15.6 Å². The first kappa shape index (κ1) is 11.5. The molecule has 1 rings (SSSR count). The molecule has 0 amide bonds. The summed E-state index contributed by atoms with van der Waals surface area (Å²) < 4.78 is 4.58. The minimum Gasteiger partial charge on any atom is -0.465 e. The molecule has 0 radical (unpaired) electrons. The summed E-state index contributed by atoms with van der Waals surface area (Å²) in [6.45, 7) is 3.28. The van der Waals surface area contributed by atoms with Crippen LogP contribution in [0.4, 0.5) is 5.69 Å². The summed E-state index contributed by atoms with van der Waals surface area (Å²) >= 11 is 0. The van der Waals surface area contributed by atoms with Crippen LogP contribution in [-0.2, 0) is 10.3 Å². The molecule has 1 aromatic rings. The largest absolute Gasteiger partial charge is 0.465 e. The van der Waals surface area contributed by atoms with E-state index in [4.69, 9.17) is 5.73 Å². The number of anilines is 1. The number of nitrogens with two attached hydrogens (primary N) is 1. The van der Waals surface area contributed by atoms with Crippen LogP contribution < -0.4 is 5.73 Å². The molecule has 0 heterocycles. The Morgan fingerprint density at radius 2 is 2.07 bits per heavy atom. The van der Waals surface area contributed by atoms with Gasteiger partial charge >= 0.3 is 5.97 Å². The van der Waals surface area contributed by atoms with Crippen LogP contribution in [0.3, 0.4) is 0 Å². The zero-order valence-corrected chi connectivity index (χ0v) is 9.07. The van der Waals surface area contributed by atoms with E-state index < -0.39 is 11.6 Å². The Labute approximate surface area is 88.7 Å². The van der Waals surface area contributed by atoms with Crippen molar-refractivity contribution >= 4 is 11.7 Å². The van der Waals surface area contributed by atoms with Gasteiger partial charge in [-0.2, -0.15) is 0 Å². The molecule has 0 atom stereocenters. The summed E-state index contributed by atoms with van der Waals surface area (Å²) in [4.78, 5) is 11.3. The maximum absolute atomic E-state index is 11.3. The van der Waals surface area contributed by atoms with E-state index in [1.54, 1.807) is 32.0 Å². The van der Waals surface area contributed by atoms with Gasteiger partial charge in [0, 0.05) is 5.69 Å². The van der Waals surface area contributed by atoms with E-state index in [2.05, 4.69) is 4.74 Å². The van der Waals surface area contributed by atoms with Gasteiger partial charge in [0.05, 0.1) is 18.3 Å². The van der Waals surface area contributed by atoms with Crippen LogP contribution >= 0.6 is 0 Å². The molecule has 0 aliphatic rings.